The second-order valence-corrected chi connectivity index (χ2v) is 7.99. The van der Waals surface area contributed by atoms with Crippen molar-refractivity contribution in [3.05, 3.63) is 29.8 Å². The van der Waals surface area contributed by atoms with Gasteiger partial charge in [0, 0.05) is 26.7 Å². The number of ether oxygens (including phenoxy) is 1. The van der Waals surface area contributed by atoms with Crippen molar-refractivity contribution in [3.8, 4) is 5.75 Å². The van der Waals surface area contributed by atoms with Crippen molar-refractivity contribution in [2.45, 2.75) is 25.3 Å². The molecule has 0 aliphatic carbocycles. The number of nitrogens with zero attached hydrogens (tertiary/aromatic N) is 2. The van der Waals surface area contributed by atoms with E-state index in [4.69, 9.17) is 4.74 Å². The minimum atomic E-state index is -3.43. The van der Waals surface area contributed by atoms with Crippen LogP contribution in [-0.4, -0.2) is 58.5 Å². The monoisotopic (exact) mass is 341 g/mol. The van der Waals surface area contributed by atoms with Gasteiger partial charge in [0.25, 0.3) is 10.2 Å². The van der Waals surface area contributed by atoms with Crippen LogP contribution in [0, 0.1) is 0 Å². The molecule has 1 aliphatic rings. The minimum Gasteiger partial charge on any atom is -0.497 e. The molecular weight excluding hydrogens is 314 g/mol. The third-order valence-electron chi connectivity index (χ3n) is 4.25. The molecule has 23 heavy (non-hydrogen) atoms. The fraction of sp³-hybridized carbons (Fsp3) is 0.625. The van der Waals surface area contributed by atoms with E-state index in [1.54, 1.807) is 7.11 Å². The highest BCUT2D eigenvalue weighted by molar-refractivity contribution is 7.87. The van der Waals surface area contributed by atoms with Gasteiger partial charge in [0.1, 0.15) is 5.75 Å². The number of rotatable bonds is 7. The average molecular weight is 341 g/mol. The normalized spacial score (nSPS) is 18.1. The smallest absolute Gasteiger partial charge is 0.278 e. The Kier molecular flexibility index (Phi) is 6.41. The largest absolute Gasteiger partial charge is 0.497 e. The summed E-state index contributed by atoms with van der Waals surface area (Å²) in [5.41, 5.74) is 1.08. The first-order chi connectivity index (χ1) is 10.9. The third kappa shape index (κ3) is 4.91. The van der Waals surface area contributed by atoms with Gasteiger partial charge in [-0.25, -0.2) is 4.72 Å². The number of piperidine rings is 1. The molecule has 0 radical (unpaired) electrons. The van der Waals surface area contributed by atoms with Gasteiger partial charge in [0.2, 0.25) is 0 Å². The summed E-state index contributed by atoms with van der Waals surface area (Å²) in [6, 6.07) is 7.89. The van der Waals surface area contributed by atoms with Gasteiger partial charge in [0.15, 0.2) is 0 Å². The van der Waals surface area contributed by atoms with Gasteiger partial charge < -0.3 is 4.74 Å². The molecule has 1 atom stereocenters. The van der Waals surface area contributed by atoms with Gasteiger partial charge in [0.05, 0.1) is 7.11 Å². The lowest BCUT2D eigenvalue weighted by Gasteiger charge is -2.35. The maximum atomic E-state index is 12.0. The Morgan fingerprint density at radius 1 is 1.26 bits per heavy atom. The SMILES string of the molecule is COc1cccc(C(CNS(=O)(=O)N(C)C)N2CCCCC2)c1. The maximum Gasteiger partial charge on any atom is 0.278 e. The van der Waals surface area contributed by atoms with Crippen molar-refractivity contribution in [2.75, 3.05) is 40.8 Å². The van der Waals surface area contributed by atoms with Crippen LogP contribution in [0.15, 0.2) is 24.3 Å². The molecular formula is C16H27N3O3S. The number of hydrogen-bond acceptors (Lipinski definition) is 4. The van der Waals surface area contributed by atoms with E-state index in [0.29, 0.717) is 6.54 Å². The quantitative estimate of drug-likeness (QED) is 0.819. The van der Waals surface area contributed by atoms with Crippen molar-refractivity contribution in [2.24, 2.45) is 0 Å². The van der Waals surface area contributed by atoms with E-state index in [0.717, 1.165) is 37.2 Å². The van der Waals surface area contributed by atoms with Crippen LogP contribution in [0.4, 0.5) is 0 Å². The number of likely N-dealkylation sites (tertiary alicyclic amines) is 1. The summed E-state index contributed by atoms with van der Waals surface area (Å²) in [7, 11) is 1.28. The molecule has 1 fully saturated rings. The van der Waals surface area contributed by atoms with Crippen LogP contribution >= 0.6 is 0 Å². The molecule has 0 aromatic heterocycles. The first-order valence-corrected chi connectivity index (χ1v) is 9.43. The third-order valence-corrected chi connectivity index (χ3v) is 5.74. The fourth-order valence-electron chi connectivity index (χ4n) is 2.85. The summed E-state index contributed by atoms with van der Waals surface area (Å²) in [5, 5.41) is 0. The van der Waals surface area contributed by atoms with Gasteiger partial charge in [-0.05, 0) is 43.6 Å². The van der Waals surface area contributed by atoms with Gasteiger partial charge in [-0.15, -0.1) is 0 Å². The van der Waals surface area contributed by atoms with Crippen molar-refractivity contribution in [1.82, 2.24) is 13.9 Å². The van der Waals surface area contributed by atoms with Crippen molar-refractivity contribution >= 4 is 10.2 Å². The Morgan fingerprint density at radius 3 is 2.57 bits per heavy atom. The molecule has 0 saturated carbocycles. The number of benzene rings is 1. The maximum absolute atomic E-state index is 12.0. The Bertz CT molecular complexity index is 598. The summed E-state index contributed by atoms with van der Waals surface area (Å²) in [6.45, 7) is 2.34. The summed E-state index contributed by atoms with van der Waals surface area (Å²) in [4.78, 5) is 2.36. The molecule has 2 rings (SSSR count). The highest BCUT2D eigenvalue weighted by atomic mass is 32.2. The van der Waals surface area contributed by atoms with Crippen LogP contribution in [0.5, 0.6) is 5.75 Å². The second kappa shape index (κ2) is 8.10. The topological polar surface area (TPSA) is 61.9 Å². The molecule has 1 aromatic rings. The molecule has 0 spiro atoms. The molecule has 1 unspecified atom stereocenters. The summed E-state index contributed by atoms with van der Waals surface area (Å²) in [5.74, 6) is 0.792. The Morgan fingerprint density at radius 2 is 1.96 bits per heavy atom. The van der Waals surface area contributed by atoms with E-state index < -0.39 is 10.2 Å². The molecule has 130 valence electrons. The summed E-state index contributed by atoms with van der Waals surface area (Å²) < 4.78 is 33.3. The zero-order valence-electron chi connectivity index (χ0n) is 14.2. The predicted molar refractivity (Wildman–Crippen MR) is 91.8 cm³/mol. The lowest BCUT2D eigenvalue weighted by Crippen LogP contribution is -2.43. The highest BCUT2D eigenvalue weighted by Gasteiger charge is 2.25. The molecule has 7 heteroatoms. The van der Waals surface area contributed by atoms with Crippen LogP contribution in [0.2, 0.25) is 0 Å². The lowest BCUT2D eigenvalue weighted by molar-refractivity contribution is 0.164. The molecule has 0 amide bonds. The number of methoxy groups -OCH3 is 1. The van der Waals surface area contributed by atoms with E-state index in [9.17, 15) is 8.42 Å². The summed E-state index contributed by atoms with van der Waals surface area (Å²) >= 11 is 0. The van der Waals surface area contributed by atoms with E-state index >= 15 is 0 Å². The van der Waals surface area contributed by atoms with Crippen LogP contribution in [0.25, 0.3) is 0 Å². The standard InChI is InChI=1S/C16H27N3O3S/c1-18(2)23(20,21)17-13-16(19-10-5-4-6-11-19)14-8-7-9-15(12-14)22-3/h7-9,12,16-17H,4-6,10-11,13H2,1-3H3. The molecule has 1 aliphatic heterocycles. The molecule has 1 saturated heterocycles. The van der Waals surface area contributed by atoms with Gasteiger partial charge in [-0.3, -0.25) is 4.90 Å². The van der Waals surface area contributed by atoms with Gasteiger partial charge in [-0.1, -0.05) is 18.6 Å². The predicted octanol–water partition coefficient (Wildman–Crippen LogP) is 1.62. The van der Waals surface area contributed by atoms with Gasteiger partial charge >= 0.3 is 0 Å². The van der Waals surface area contributed by atoms with Crippen LogP contribution in [0.1, 0.15) is 30.9 Å². The molecule has 1 heterocycles. The van der Waals surface area contributed by atoms with Crippen LogP contribution < -0.4 is 9.46 Å². The van der Waals surface area contributed by atoms with E-state index in [2.05, 4.69) is 9.62 Å². The van der Waals surface area contributed by atoms with Crippen LogP contribution in [0.3, 0.4) is 0 Å². The molecule has 1 N–H and O–H groups in total. The van der Waals surface area contributed by atoms with E-state index in [-0.39, 0.29) is 6.04 Å². The molecule has 1 aromatic carbocycles. The average Bonchev–Trinajstić information content (AvgIpc) is 2.56. The summed E-state index contributed by atoms with van der Waals surface area (Å²) in [6.07, 6.45) is 3.55. The zero-order chi connectivity index (χ0) is 16.9. The van der Waals surface area contributed by atoms with Crippen molar-refractivity contribution in [3.63, 3.8) is 0 Å². The fourth-order valence-corrected chi connectivity index (χ4v) is 3.48. The first-order valence-electron chi connectivity index (χ1n) is 7.99. The molecule has 0 bridgehead atoms. The highest BCUT2D eigenvalue weighted by Crippen LogP contribution is 2.27. The van der Waals surface area contributed by atoms with E-state index in [1.165, 1.54) is 24.8 Å². The lowest BCUT2D eigenvalue weighted by atomic mass is 10.0. The van der Waals surface area contributed by atoms with E-state index in [1.807, 2.05) is 24.3 Å². The number of hydrogen-bond donors (Lipinski definition) is 1. The van der Waals surface area contributed by atoms with Gasteiger partial charge in [-0.2, -0.15) is 12.7 Å². The van der Waals surface area contributed by atoms with Crippen molar-refractivity contribution in [1.29, 1.82) is 0 Å². The number of nitrogens with one attached hydrogen (secondary N) is 1. The first kappa shape index (κ1) is 18.2. The van der Waals surface area contributed by atoms with Crippen molar-refractivity contribution < 1.29 is 13.2 Å². The second-order valence-electron chi connectivity index (χ2n) is 6.02. The Balaban J connectivity index is 2.20. The van der Waals surface area contributed by atoms with Crippen LogP contribution in [-0.2, 0) is 10.2 Å². The zero-order valence-corrected chi connectivity index (χ0v) is 15.0. The Labute approximate surface area is 139 Å². The minimum absolute atomic E-state index is 0.0140. The molecule has 6 nitrogen and oxygen atoms in total. The Hall–Kier alpha value is -1.15.